The summed E-state index contributed by atoms with van der Waals surface area (Å²) in [6.07, 6.45) is 12.5. The molecular formula is C15H33NO4S. The van der Waals surface area contributed by atoms with Gasteiger partial charge in [0.1, 0.15) is 5.75 Å². The van der Waals surface area contributed by atoms with E-state index in [-0.39, 0.29) is 0 Å². The minimum absolute atomic E-state index is 0.445. The average Bonchev–Trinajstić information content (AvgIpc) is 2.38. The van der Waals surface area contributed by atoms with Crippen LogP contribution in [0, 0.1) is 0 Å². The summed E-state index contributed by atoms with van der Waals surface area (Å²) in [6, 6.07) is 0. The zero-order valence-electron chi connectivity index (χ0n) is 13.2. The van der Waals surface area contributed by atoms with Crippen LogP contribution in [0.1, 0.15) is 77.0 Å². The maximum atomic E-state index is 10.5. The zero-order chi connectivity index (χ0) is 16.0. The van der Waals surface area contributed by atoms with Crippen LogP contribution in [0.3, 0.4) is 0 Å². The molecule has 0 fully saturated rings. The normalized spacial score (nSPS) is 13.5. The highest BCUT2D eigenvalue weighted by Crippen LogP contribution is 2.12. The minimum atomic E-state index is -4.05. The highest BCUT2D eigenvalue weighted by molar-refractivity contribution is 7.85. The fourth-order valence-electron chi connectivity index (χ4n) is 2.44. The van der Waals surface area contributed by atoms with Crippen molar-refractivity contribution in [2.45, 2.75) is 83.2 Å². The van der Waals surface area contributed by atoms with Crippen molar-refractivity contribution in [3.63, 3.8) is 0 Å². The standard InChI is InChI=1S/C15H33NO4S/c16-13-11-9-7-5-3-1-2-4-6-8-10-12-15(17)14-21(18,19)20/h15,17H,1-14,16H2,(H,18,19,20). The Bertz CT molecular complexity index is 320. The molecule has 0 aliphatic rings. The van der Waals surface area contributed by atoms with E-state index in [0.717, 1.165) is 32.2 Å². The monoisotopic (exact) mass is 323 g/mol. The molecule has 0 aliphatic carbocycles. The van der Waals surface area contributed by atoms with Crippen LogP contribution >= 0.6 is 0 Å². The van der Waals surface area contributed by atoms with Crippen LogP contribution in [0.5, 0.6) is 0 Å². The van der Waals surface area contributed by atoms with Crippen molar-refractivity contribution in [1.29, 1.82) is 0 Å². The number of aliphatic hydroxyl groups is 1. The lowest BCUT2D eigenvalue weighted by Crippen LogP contribution is -2.19. The Hall–Kier alpha value is -0.170. The first-order chi connectivity index (χ1) is 9.95. The highest BCUT2D eigenvalue weighted by atomic mass is 32.2. The van der Waals surface area contributed by atoms with Crippen LogP contribution in [0.15, 0.2) is 0 Å². The Kier molecular flexibility index (Phi) is 13.4. The lowest BCUT2D eigenvalue weighted by atomic mass is 10.0. The molecule has 0 aromatic rings. The Morgan fingerprint density at radius 1 is 0.762 bits per heavy atom. The third-order valence-corrected chi connectivity index (χ3v) is 4.45. The molecule has 0 amide bonds. The van der Waals surface area contributed by atoms with E-state index in [2.05, 4.69) is 0 Å². The quantitative estimate of drug-likeness (QED) is 0.318. The van der Waals surface area contributed by atoms with E-state index in [0.29, 0.717) is 6.42 Å². The van der Waals surface area contributed by atoms with Gasteiger partial charge in [-0.25, -0.2) is 0 Å². The second-order valence-corrected chi connectivity index (χ2v) is 7.37. The van der Waals surface area contributed by atoms with Gasteiger partial charge in [-0.1, -0.05) is 64.2 Å². The van der Waals surface area contributed by atoms with Crippen LogP contribution in [0.2, 0.25) is 0 Å². The van der Waals surface area contributed by atoms with Crippen molar-refractivity contribution >= 4 is 10.1 Å². The summed E-state index contributed by atoms with van der Waals surface area (Å²) in [7, 11) is -4.05. The van der Waals surface area contributed by atoms with Gasteiger partial charge in [-0.15, -0.1) is 0 Å². The summed E-state index contributed by atoms with van der Waals surface area (Å²) in [4.78, 5) is 0. The minimum Gasteiger partial charge on any atom is -0.392 e. The molecule has 0 rings (SSSR count). The topological polar surface area (TPSA) is 101 Å². The van der Waals surface area contributed by atoms with Crippen molar-refractivity contribution in [3.8, 4) is 0 Å². The van der Waals surface area contributed by atoms with Gasteiger partial charge in [0, 0.05) is 0 Å². The summed E-state index contributed by atoms with van der Waals surface area (Å²) < 4.78 is 29.7. The molecule has 6 heteroatoms. The van der Waals surface area contributed by atoms with Crippen LogP contribution in [-0.4, -0.2) is 36.5 Å². The van der Waals surface area contributed by atoms with Gasteiger partial charge in [0.05, 0.1) is 6.10 Å². The van der Waals surface area contributed by atoms with Crippen LogP contribution < -0.4 is 5.73 Å². The van der Waals surface area contributed by atoms with E-state index in [4.69, 9.17) is 10.3 Å². The third-order valence-electron chi connectivity index (χ3n) is 3.64. The first-order valence-corrected chi connectivity index (χ1v) is 9.90. The number of hydrogen-bond donors (Lipinski definition) is 3. The number of rotatable bonds is 15. The smallest absolute Gasteiger partial charge is 0.267 e. The molecule has 0 aromatic heterocycles. The molecule has 4 N–H and O–H groups in total. The fourth-order valence-corrected chi connectivity index (χ4v) is 3.09. The Labute approximate surface area is 130 Å². The van der Waals surface area contributed by atoms with Crippen LogP contribution in [0.4, 0.5) is 0 Å². The SMILES string of the molecule is NCCCCCCCCCCCCCC(O)CS(=O)(=O)O. The Balaban J connectivity index is 3.19. The maximum Gasteiger partial charge on any atom is 0.267 e. The van der Waals surface area contributed by atoms with Crippen LogP contribution in [-0.2, 0) is 10.1 Å². The van der Waals surface area contributed by atoms with E-state index in [1.807, 2.05) is 0 Å². The Morgan fingerprint density at radius 3 is 1.52 bits per heavy atom. The summed E-state index contributed by atoms with van der Waals surface area (Å²) in [5.74, 6) is -0.544. The van der Waals surface area contributed by atoms with Crippen molar-refractivity contribution in [2.24, 2.45) is 5.73 Å². The van der Waals surface area contributed by atoms with Gasteiger partial charge in [-0.2, -0.15) is 8.42 Å². The van der Waals surface area contributed by atoms with Gasteiger partial charge in [0.15, 0.2) is 0 Å². The molecule has 0 aliphatic heterocycles. The molecule has 1 unspecified atom stereocenters. The summed E-state index contributed by atoms with van der Waals surface area (Å²) in [5, 5.41) is 9.40. The van der Waals surface area contributed by atoms with Gasteiger partial charge < -0.3 is 10.8 Å². The van der Waals surface area contributed by atoms with Crippen molar-refractivity contribution in [2.75, 3.05) is 12.3 Å². The summed E-state index contributed by atoms with van der Waals surface area (Å²) in [5.41, 5.74) is 5.44. The molecule has 0 aromatic carbocycles. The Morgan fingerprint density at radius 2 is 1.14 bits per heavy atom. The van der Waals surface area contributed by atoms with Gasteiger partial charge in [-0.3, -0.25) is 4.55 Å². The molecule has 5 nitrogen and oxygen atoms in total. The molecule has 0 saturated carbocycles. The molecule has 21 heavy (non-hydrogen) atoms. The first kappa shape index (κ1) is 20.8. The average molecular weight is 323 g/mol. The lowest BCUT2D eigenvalue weighted by Gasteiger charge is -2.08. The summed E-state index contributed by atoms with van der Waals surface area (Å²) >= 11 is 0. The predicted octanol–water partition coefficient (Wildman–Crippen LogP) is 2.88. The number of aliphatic hydroxyl groups excluding tert-OH is 1. The van der Waals surface area contributed by atoms with E-state index < -0.39 is 22.0 Å². The second kappa shape index (κ2) is 13.5. The lowest BCUT2D eigenvalue weighted by molar-refractivity contribution is 0.180. The number of unbranched alkanes of at least 4 members (excludes halogenated alkanes) is 10. The van der Waals surface area contributed by atoms with Gasteiger partial charge in [-0.05, 0) is 19.4 Å². The molecule has 1 atom stereocenters. The van der Waals surface area contributed by atoms with Crippen molar-refractivity contribution in [1.82, 2.24) is 0 Å². The summed E-state index contributed by atoms with van der Waals surface area (Å²) in [6.45, 7) is 0.804. The zero-order valence-corrected chi connectivity index (χ0v) is 14.0. The molecule has 0 saturated heterocycles. The van der Waals surface area contributed by atoms with E-state index in [9.17, 15) is 13.5 Å². The first-order valence-electron chi connectivity index (χ1n) is 8.29. The van der Waals surface area contributed by atoms with E-state index in [1.54, 1.807) is 0 Å². The maximum absolute atomic E-state index is 10.5. The number of hydrogen-bond acceptors (Lipinski definition) is 4. The molecule has 0 bridgehead atoms. The number of nitrogens with two attached hydrogens (primary N) is 1. The second-order valence-electron chi connectivity index (χ2n) is 5.87. The van der Waals surface area contributed by atoms with Crippen molar-refractivity contribution < 1.29 is 18.1 Å². The van der Waals surface area contributed by atoms with Crippen molar-refractivity contribution in [3.05, 3.63) is 0 Å². The van der Waals surface area contributed by atoms with E-state index >= 15 is 0 Å². The van der Waals surface area contributed by atoms with Crippen LogP contribution in [0.25, 0.3) is 0 Å². The molecular weight excluding hydrogens is 290 g/mol. The highest BCUT2D eigenvalue weighted by Gasteiger charge is 2.13. The molecule has 0 radical (unpaired) electrons. The molecule has 128 valence electrons. The molecule has 0 spiro atoms. The molecule has 0 heterocycles. The third kappa shape index (κ3) is 17.8. The van der Waals surface area contributed by atoms with E-state index in [1.165, 1.54) is 44.9 Å². The fraction of sp³-hybridized carbons (Fsp3) is 1.00. The van der Waals surface area contributed by atoms with Gasteiger partial charge >= 0.3 is 0 Å². The largest absolute Gasteiger partial charge is 0.392 e. The van der Waals surface area contributed by atoms with Gasteiger partial charge in [0.25, 0.3) is 10.1 Å². The van der Waals surface area contributed by atoms with Gasteiger partial charge in [0.2, 0.25) is 0 Å². The predicted molar refractivity (Wildman–Crippen MR) is 86.9 cm³/mol.